The van der Waals surface area contributed by atoms with E-state index < -0.39 is 0 Å². The van der Waals surface area contributed by atoms with Gasteiger partial charge in [0.1, 0.15) is 0 Å². The maximum atomic E-state index is 11.8. The van der Waals surface area contributed by atoms with Gasteiger partial charge in [-0.25, -0.2) is 0 Å². The van der Waals surface area contributed by atoms with Gasteiger partial charge in [-0.3, -0.25) is 9.89 Å². The first kappa shape index (κ1) is 14.1. The number of hydrogen-bond donors (Lipinski definition) is 3. The van der Waals surface area contributed by atoms with E-state index in [9.17, 15) is 9.90 Å². The number of aromatic nitrogens is 2. The standard InChI is InChI=1S/C14H23N3O2/c18-10-12(6-11-4-2-1-3-5-11)7-15-14(19)13-8-16-17-9-13/h8-9,11-12,18H,1-7,10H2,(H,15,19)(H,16,17). The highest BCUT2D eigenvalue weighted by atomic mass is 16.3. The van der Waals surface area contributed by atoms with Gasteiger partial charge >= 0.3 is 0 Å². The van der Waals surface area contributed by atoms with Crippen molar-refractivity contribution in [3.05, 3.63) is 18.0 Å². The van der Waals surface area contributed by atoms with Gasteiger partial charge in [0.2, 0.25) is 0 Å². The smallest absolute Gasteiger partial charge is 0.254 e. The van der Waals surface area contributed by atoms with Crippen molar-refractivity contribution in [1.29, 1.82) is 0 Å². The molecule has 1 fully saturated rings. The van der Waals surface area contributed by atoms with E-state index in [-0.39, 0.29) is 18.4 Å². The summed E-state index contributed by atoms with van der Waals surface area (Å²) in [5.74, 6) is 0.756. The van der Waals surface area contributed by atoms with Gasteiger partial charge in [-0.15, -0.1) is 0 Å². The Bertz CT molecular complexity index is 372. The summed E-state index contributed by atoms with van der Waals surface area (Å²) in [5, 5.41) is 18.7. The SMILES string of the molecule is O=C(NCC(CO)CC1CCCCC1)c1cn[nH]c1. The Kier molecular flexibility index (Phi) is 5.39. The monoisotopic (exact) mass is 265 g/mol. The molecule has 1 aliphatic rings. The first-order chi connectivity index (χ1) is 9.29. The van der Waals surface area contributed by atoms with Crippen molar-refractivity contribution in [3.8, 4) is 0 Å². The molecule has 2 rings (SSSR count). The number of nitrogens with one attached hydrogen (secondary N) is 2. The molecule has 1 aromatic heterocycles. The molecule has 5 heteroatoms. The van der Waals surface area contributed by atoms with Gasteiger partial charge in [0, 0.05) is 19.3 Å². The van der Waals surface area contributed by atoms with Crippen molar-refractivity contribution in [2.75, 3.05) is 13.2 Å². The van der Waals surface area contributed by atoms with Crippen LogP contribution in [0, 0.1) is 11.8 Å². The lowest BCUT2D eigenvalue weighted by Crippen LogP contribution is -2.32. The Morgan fingerprint density at radius 2 is 2.26 bits per heavy atom. The number of H-pyrrole nitrogens is 1. The zero-order chi connectivity index (χ0) is 13.5. The van der Waals surface area contributed by atoms with E-state index in [1.54, 1.807) is 6.20 Å². The molecule has 1 atom stereocenters. The third-order valence-electron chi connectivity index (χ3n) is 3.96. The lowest BCUT2D eigenvalue weighted by molar-refractivity contribution is 0.0933. The van der Waals surface area contributed by atoms with Crippen molar-refractivity contribution >= 4 is 5.91 Å². The normalized spacial score (nSPS) is 18.2. The number of nitrogens with zero attached hydrogens (tertiary/aromatic N) is 1. The van der Waals surface area contributed by atoms with Crippen LogP contribution in [0.5, 0.6) is 0 Å². The molecule has 106 valence electrons. The highest BCUT2D eigenvalue weighted by Crippen LogP contribution is 2.28. The van der Waals surface area contributed by atoms with E-state index in [2.05, 4.69) is 15.5 Å². The summed E-state index contributed by atoms with van der Waals surface area (Å²) in [6, 6.07) is 0. The lowest BCUT2D eigenvalue weighted by Gasteiger charge is -2.25. The molecule has 1 unspecified atom stereocenters. The number of amides is 1. The molecule has 1 amide bonds. The van der Waals surface area contributed by atoms with Gasteiger partial charge in [0.25, 0.3) is 5.91 Å². The summed E-state index contributed by atoms with van der Waals surface area (Å²) in [6.07, 6.45) is 10.6. The molecule has 0 aliphatic heterocycles. The topological polar surface area (TPSA) is 78.0 Å². The molecular weight excluding hydrogens is 242 g/mol. The Hall–Kier alpha value is -1.36. The summed E-state index contributed by atoms with van der Waals surface area (Å²) in [6.45, 7) is 0.680. The second kappa shape index (κ2) is 7.28. The van der Waals surface area contributed by atoms with Gasteiger partial charge < -0.3 is 10.4 Å². The van der Waals surface area contributed by atoms with Crippen LogP contribution in [-0.4, -0.2) is 34.4 Å². The maximum Gasteiger partial charge on any atom is 0.254 e. The highest BCUT2D eigenvalue weighted by Gasteiger charge is 2.19. The minimum absolute atomic E-state index is 0.129. The number of aliphatic hydroxyl groups excluding tert-OH is 1. The summed E-state index contributed by atoms with van der Waals surface area (Å²) in [7, 11) is 0. The van der Waals surface area contributed by atoms with Gasteiger partial charge in [-0.05, 0) is 18.3 Å². The van der Waals surface area contributed by atoms with Crippen LogP contribution in [0.2, 0.25) is 0 Å². The van der Waals surface area contributed by atoms with Crippen LogP contribution in [0.1, 0.15) is 48.9 Å². The third kappa shape index (κ3) is 4.35. The van der Waals surface area contributed by atoms with E-state index in [1.807, 2.05) is 0 Å². The predicted molar refractivity (Wildman–Crippen MR) is 72.7 cm³/mol. The molecule has 5 nitrogen and oxygen atoms in total. The van der Waals surface area contributed by atoms with Crippen molar-refractivity contribution in [3.63, 3.8) is 0 Å². The van der Waals surface area contributed by atoms with E-state index >= 15 is 0 Å². The predicted octanol–water partition coefficient (Wildman–Crippen LogP) is 1.72. The Balaban J connectivity index is 1.74. The average molecular weight is 265 g/mol. The van der Waals surface area contributed by atoms with Gasteiger partial charge in [0.15, 0.2) is 0 Å². The summed E-state index contributed by atoms with van der Waals surface area (Å²) in [5.41, 5.74) is 0.536. The molecular formula is C14H23N3O2. The molecule has 0 bridgehead atoms. The minimum atomic E-state index is -0.129. The fourth-order valence-corrected chi connectivity index (χ4v) is 2.83. The molecule has 19 heavy (non-hydrogen) atoms. The molecule has 0 spiro atoms. The van der Waals surface area contributed by atoms with Crippen LogP contribution in [0.3, 0.4) is 0 Å². The van der Waals surface area contributed by atoms with Crippen LogP contribution in [-0.2, 0) is 0 Å². The number of aliphatic hydroxyl groups is 1. The zero-order valence-electron chi connectivity index (χ0n) is 11.3. The Morgan fingerprint density at radius 3 is 2.89 bits per heavy atom. The van der Waals surface area contributed by atoms with Crippen LogP contribution >= 0.6 is 0 Å². The molecule has 3 N–H and O–H groups in total. The van der Waals surface area contributed by atoms with E-state index in [4.69, 9.17) is 0 Å². The van der Waals surface area contributed by atoms with Crippen LogP contribution in [0.15, 0.2) is 12.4 Å². The fourth-order valence-electron chi connectivity index (χ4n) is 2.83. The minimum Gasteiger partial charge on any atom is -0.396 e. The van der Waals surface area contributed by atoms with E-state index in [0.717, 1.165) is 12.3 Å². The molecule has 1 aliphatic carbocycles. The number of rotatable bonds is 6. The quantitative estimate of drug-likeness (QED) is 0.733. The number of hydrogen-bond acceptors (Lipinski definition) is 3. The molecule has 1 aromatic rings. The lowest BCUT2D eigenvalue weighted by atomic mass is 9.83. The summed E-state index contributed by atoms with van der Waals surface area (Å²) >= 11 is 0. The van der Waals surface area contributed by atoms with Gasteiger partial charge in [-0.1, -0.05) is 32.1 Å². The second-order valence-corrected chi connectivity index (χ2v) is 5.49. The highest BCUT2D eigenvalue weighted by molar-refractivity contribution is 5.93. The van der Waals surface area contributed by atoms with Crippen molar-refractivity contribution in [1.82, 2.24) is 15.5 Å². The molecule has 0 radical (unpaired) electrons. The average Bonchev–Trinajstić information content (AvgIpc) is 2.98. The van der Waals surface area contributed by atoms with E-state index in [1.165, 1.54) is 38.3 Å². The third-order valence-corrected chi connectivity index (χ3v) is 3.96. The van der Waals surface area contributed by atoms with Crippen LogP contribution in [0.4, 0.5) is 0 Å². The van der Waals surface area contributed by atoms with Crippen molar-refractivity contribution in [2.24, 2.45) is 11.8 Å². The van der Waals surface area contributed by atoms with Gasteiger partial charge in [-0.2, -0.15) is 5.10 Å². The van der Waals surface area contributed by atoms with Crippen LogP contribution in [0.25, 0.3) is 0 Å². The zero-order valence-corrected chi connectivity index (χ0v) is 11.3. The molecule has 1 heterocycles. The Labute approximate surface area is 113 Å². The molecule has 0 aromatic carbocycles. The first-order valence-corrected chi connectivity index (χ1v) is 7.17. The van der Waals surface area contributed by atoms with Gasteiger partial charge in [0.05, 0.1) is 11.8 Å². The van der Waals surface area contributed by atoms with Crippen molar-refractivity contribution < 1.29 is 9.90 Å². The summed E-state index contributed by atoms with van der Waals surface area (Å²) in [4.78, 5) is 11.8. The maximum absolute atomic E-state index is 11.8. The largest absolute Gasteiger partial charge is 0.396 e. The number of carbonyl (C=O) groups excluding carboxylic acids is 1. The van der Waals surface area contributed by atoms with Crippen molar-refractivity contribution in [2.45, 2.75) is 38.5 Å². The fraction of sp³-hybridized carbons (Fsp3) is 0.714. The Morgan fingerprint density at radius 1 is 1.47 bits per heavy atom. The molecule has 1 saturated carbocycles. The molecule has 0 saturated heterocycles. The first-order valence-electron chi connectivity index (χ1n) is 7.17. The summed E-state index contributed by atoms with van der Waals surface area (Å²) < 4.78 is 0. The van der Waals surface area contributed by atoms with Crippen LogP contribution < -0.4 is 5.32 Å². The number of aromatic amines is 1. The van der Waals surface area contributed by atoms with E-state index in [0.29, 0.717) is 12.1 Å². The second-order valence-electron chi connectivity index (χ2n) is 5.49. The number of carbonyl (C=O) groups is 1.